The normalized spacial score (nSPS) is 18.1. The number of aliphatic hydroxyl groups excluding tert-OH is 1. The summed E-state index contributed by atoms with van der Waals surface area (Å²) in [4.78, 5) is 2.19. The number of hydrogen-bond acceptors (Lipinski definition) is 5. The highest BCUT2D eigenvalue weighted by Gasteiger charge is 2.20. The van der Waals surface area contributed by atoms with Crippen LogP contribution in [0.1, 0.15) is 12.8 Å². The minimum atomic E-state index is -0.510. The number of benzene rings is 1. The summed E-state index contributed by atoms with van der Waals surface area (Å²) in [6.45, 7) is 2.50. The van der Waals surface area contributed by atoms with Crippen LogP contribution in [0.4, 0.5) is 5.69 Å². The first kappa shape index (κ1) is 15.1. The summed E-state index contributed by atoms with van der Waals surface area (Å²) in [5.41, 5.74) is 6.34. The van der Waals surface area contributed by atoms with E-state index in [1.807, 2.05) is 25.2 Å². The van der Waals surface area contributed by atoms with Crippen molar-refractivity contribution in [1.29, 1.82) is 0 Å². The molecular formula is C15H24N2O3. The maximum atomic E-state index is 10.1. The van der Waals surface area contributed by atoms with E-state index in [0.29, 0.717) is 24.0 Å². The summed E-state index contributed by atoms with van der Waals surface area (Å²) >= 11 is 0. The third-order valence-electron chi connectivity index (χ3n) is 3.61. The van der Waals surface area contributed by atoms with Crippen LogP contribution in [0.15, 0.2) is 24.3 Å². The van der Waals surface area contributed by atoms with E-state index in [1.165, 1.54) is 0 Å². The molecule has 0 aromatic heterocycles. The molecule has 5 heteroatoms. The molecular weight excluding hydrogens is 256 g/mol. The Morgan fingerprint density at radius 2 is 2.20 bits per heavy atom. The van der Waals surface area contributed by atoms with Crippen molar-refractivity contribution in [2.45, 2.75) is 25.0 Å². The molecule has 2 rings (SSSR count). The molecule has 112 valence electrons. The van der Waals surface area contributed by atoms with E-state index < -0.39 is 6.10 Å². The van der Waals surface area contributed by atoms with E-state index in [-0.39, 0.29) is 6.61 Å². The van der Waals surface area contributed by atoms with Gasteiger partial charge in [0.15, 0.2) is 0 Å². The van der Waals surface area contributed by atoms with E-state index in [0.717, 1.165) is 26.1 Å². The Bertz CT molecular complexity index is 408. The van der Waals surface area contributed by atoms with Gasteiger partial charge in [0, 0.05) is 37.6 Å². The molecule has 0 saturated carbocycles. The van der Waals surface area contributed by atoms with E-state index >= 15 is 0 Å². The van der Waals surface area contributed by atoms with Crippen LogP contribution in [0.25, 0.3) is 0 Å². The molecule has 1 unspecified atom stereocenters. The van der Waals surface area contributed by atoms with Crippen LogP contribution in [0, 0.1) is 0 Å². The summed E-state index contributed by atoms with van der Waals surface area (Å²) in [7, 11) is 2.04. The largest absolute Gasteiger partial charge is 0.491 e. The third kappa shape index (κ3) is 4.67. The van der Waals surface area contributed by atoms with Gasteiger partial charge in [0.25, 0.3) is 0 Å². The van der Waals surface area contributed by atoms with E-state index in [1.54, 1.807) is 6.07 Å². The molecule has 0 spiro atoms. The predicted molar refractivity (Wildman–Crippen MR) is 78.8 cm³/mol. The van der Waals surface area contributed by atoms with Crippen LogP contribution in [0.2, 0.25) is 0 Å². The van der Waals surface area contributed by atoms with Gasteiger partial charge in [0.1, 0.15) is 18.5 Å². The Hall–Kier alpha value is -1.30. The molecule has 20 heavy (non-hydrogen) atoms. The lowest BCUT2D eigenvalue weighted by molar-refractivity contribution is 0.0159. The van der Waals surface area contributed by atoms with Gasteiger partial charge >= 0.3 is 0 Å². The van der Waals surface area contributed by atoms with Gasteiger partial charge < -0.3 is 25.2 Å². The highest BCUT2D eigenvalue weighted by atomic mass is 16.5. The van der Waals surface area contributed by atoms with Gasteiger partial charge in [-0.1, -0.05) is 6.07 Å². The zero-order valence-corrected chi connectivity index (χ0v) is 12.0. The maximum absolute atomic E-state index is 10.1. The molecule has 1 atom stereocenters. The zero-order chi connectivity index (χ0) is 14.4. The highest BCUT2D eigenvalue weighted by Crippen LogP contribution is 2.16. The van der Waals surface area contributed by atoms with Crippen molar-refractivity contribution in [1.82, 2.24) is 4.90 Å². The molecule has 1 aliphatic heterocycles. The van der Waals surface area contributed by atoms with Crippen LogP contribution in [0.3, 0.4) is 0 Å². The summed E-state index contributed by atoms with van der Waals surface area (Å²) < 4.78 is 10.9. The molecule has 0 amide bonds. The summed E-state index contributed by atoms with van der Waals surface area (Å²) in [6, 6.07) is 7.74. The maximum Gasteiger partial charge on any atom is 0.121 e. The topological polar surface area (TPSA) is 68.0 Å². The second-order valence-corrected chi connectivity index (χ2v) is 5.32. The zero-order valence-electron chi connectivity index (χ0n) is 12.0. The van der Waals surface area contributed by atoms with Gasteiger partial charge in [0.2, 0.25) is 0 Å². The van der Waals surface area contributed by atoms with Gasteiger partial charge in [-0.15, -0.1) is 0 Å². The molecule has 1 saturated heterocycles. The average Bonchev–Trinajstić information content (AvgIpc) is 2.46. The lowest BCUT2D eigenvalue weighted by Gasteiger charge is -2.32. The fraction of sp³-hybridized carbons (Fsp3) is 0.600. The first-order valence-corrected chi connectivity index (χ1v) is 7.09. The minimum Gasteiger partial charge on any atom is -0.491 e. The molecule has 0 aliphatic carbocycles. The van der Waals surface area contributed by atoms with Crippen molar-refractivity contribution < 1.29 is 14.6 Å². The van der Waals surface area contributed by atoms with Crippen molar-refractivity contribution in [2.24, 2.45) is 0 Å². The minimum absolute atomic E-state index is 0.275. The fourth-order valence-electron chi connectivity index (χ4n) is 2.46. The monoisotopic (exact) mass is 280 g/mol. The van der Waals surface area contributed by atoms with Crippen LogP contribution in [-0.2, 0) is 4.74 Å². The SMILES string of the molecule is CN(CC(O)COc1cccc(N)c1)C1CCOCC1. The van der Waals surface area contributed by atoms with Crippen LogP contribution in [-0.4, -0.2) is 55.6 Å². The van der Waals surface area contributed by atoms with Gasteiger partial charge in [-0.3, -0.25) is 0 Å². The Morgan fingerprint density at radius 3 is 2.90 bits per heavy atom. The fourth-order valence-corrected chi connectivity index (χ4v) is 2.46. The molecule has 1 heterocycles. The lowest BCUT2D eigenvalue weighted by Crippen LogP contribution is -2.42. The van der Waals surface area contributed by atoms with Crippen molar-refractivity contribution in [3.63, 3.8) is 0 Å². The molecule has 0 radical (unpaired) electrons. The Morgan fingerprint density at radius 1 is 1.45 bits per heavy atom. The smallest absolute Gasteiger partial charge is 0.121 e. The van der Waals surface area contributed by atoms with Crippen molar-refractivity contribution in [3.8, 4) is 5.75 Å². The molecule has 1 aromatic carbocycles. The number of aliphatic hydroxyl groups is 1. The van der Waals surface area contributed by atoms with Crippen molar-refractivity contribution >= 4 is 5.69 Å². The van der Waals surface area contributed by atoms with Gasteiger partial charge in [-0.25, -0.2) is 0 Å². The first-order chi connectivity index (χ1) is 9.65. The average molecular weight is 280 g/mol. The Balaban J connectivity index is 1.73. The van der Waals surface area contributed by atoms with Crippen LogP contribution in [0.5, 0.6) is 5.75 Å². The summed E-state index contributed by atoms with van der Waals surface area (Å²) in [6.07, 6.45) is 1.54. The molecule has 3 N–H and O–H groups in total. The highest BCUT2D eigenvalue weighted by molar-refractivity contribution is 5.43. The number of nitrogens with two attached hydrogens (primary N) is 1. The Kier molecular flexibility index (Phi) is 5.64. The second kappa shape index (κ2) is 7.47. The number of rotatable bonds is 6. The molecule has 1 aliphatic rings. The van der Waals surface area contributed by atoms with Crippen LogP contribution >= 0.6 is 0 Å². The molecule has 1 aromatic rings. The molecule has 0 bridgehead atoms. The predicted octanol–water partition coefficient (Wildman–Crippen LogP) is 1.12. The van der Waals surface area contributed by atoms with E-state index in [9.17, 15) is 5.11 Å². The number of hydrogen-bond donors (Lipinski definition) is 2. The van der Waals surface area contributed by atoms with Gasteiger partial charge in [0.05, 0.1) is 0 Å². The van der Waals surface area contributed by atoms with Gasteiger partial charge in [-0.05, 0) is 32.0 Å². The first-order valence-electron chi connectivity index (χ1n) is 7.09. The standard InChI is InChI=1S/C15H24N2O3/c1-17(13-5-7-19-8-6-13)10-14(18)11-20-15-4-2-3-12(16)9-15/h2-4,9,13-14,18H,5-8,10-11,16H2,1H3. The summed E-state index contributed by atoms with van der Waals surface area (Å²) in [5, 5.41) is 10.1. The second-order valence-electron chi connectivity index (χ2n) is 5.32. The lowest BCUT2D eigenvalue weighted by atomic mass is 10.1. The van der Waals surface area contributed by atoms with Crippen molar-refractivity contribution in [3.05, 3.63) is 24.3 Å². The van der Waals surface area contributed by atoms with Crippen LogP contribution < -0.4 is 10.5 Å². The molecule has 5 nitrogen and oxygen atoms in total. The third-order valence-corrected chi connectivity index (χ3v) is 3.61. The Labute approximate surface area is 120 Å². The van der Waals surface area contributed by atoms with E-state index in [2.05, 4.69) is 4.90 Å². The summed E-state index contributed by atoms with van der Waals surface area (Å²) in [5.74, 6) is 0.692. The van der Waals surface area contributed by atoms with Gasteiger partial charge in [-0.2, -0.15) is 0 Å². The number of nitrogen functional groups attached to an aromatic ring is 1. The number of likely N-dealkylation sites (N-methyl/N-ethyl adjacent to an activating group) is 1. The quantitative estimate of drug-likeness (QED) is 0.764. The number of anilines is 1. The molecule has 1 fully saturated rings. The van der Waals surface area contributed by atoms with Crippen molar-refractivity contribution in [2.75, 3.05) is 39.1 Å². The van der Waals surface area contributed by atoms with E-state index in [4.69, 9.17) is 15.2 Å². The number of ether oxygens (including phenoxy) is 2. The number of nitrogens with zero attached hydrogens (tertiary/aromatic N) is 1.